The Morgan fingerprint density at radius 2 is 1.90 bits per heavy atom. The minimum atomic E-state index is 0.237. The Balaban J connectivity index is 1.33. The summed E-state index contributed by atoms with van der Waals surface area (Å²) in [7, 11) is 0. The van der Waals surface area contributed by atoms with Gasteiger partial charge in [0.1, 0.15) is 0 Å². The zero-order valence-corrected chi connectivity index (χ0v) is 12.5. The fraction of sp³-hybridized carbons (Fsp3) is 0.938. The van der Waals surface area contributed by atoms with Crippen LogP contribution < -0.4 is 5.32 Å². The average molecular weight is 280 g/mol. The molecule has 2 aliphatic heterocycles. The molecule has 3 aliphatic rings. The van der Waals surface area contributed by atoms with Gasteiger partial charge in [0.05, 0.1) is 12.5 Å². The minimum Gasteiger partial charge on any atom is -0.381 e. The Bertz CT molecular complexity index is 316. The first kappa shape index (κ1) is 14.3. The van der Waals surface area contributed by atoms with Crippen LogP contribution in [0.15, 0.2) is 0 Å². The molecule has 3 fully saturated rings. The van der Waals surface area contributed by atoms with Gasteiger partial charge < -0.3 is 10.1 Å². The van der Waals surface area contributed by atoms with Crippen molar-refractivity contribution in [1.82, 2.24) is 10.2 Å². The highest BCUT2D eigenvalue weighted by Gasteiger charge is 2.36. The quantitative estimate of drug-likeness (QED) is 0.853. The van der Waals surface area contributed by atoms with Gasteiger partial charge in [-0.2, -0.15) is 0 Å². The van der Waals surface area contributed by atoms with E-state index < -0.39 is 0 Å². The van der Waals surface area contributed by atoms with E-state index in [0.29, 0.717) is 5.92 Å². The molecule has 0 bridgehead atoms. The van der Waals surface area contributed by atoms with Crippen molar-refractivity contribution in [3.8, 4) is 0 Å². The van der Waals surface area contributed by atoms with E-state index >= 15 is 0 Å². The summed E-state index contributed by atoms with van der Waals surface area (Å²) in [4.78, 5) is 14.6. The number of nitrogens with zero attached hydrogens (tertiary/aromatic N) is 1. The summed E-state index contributed by atoms with van der Waals surface area (Å²) in [5.41, 5.74) is 0. The van der Waals surface area contributed by atoms with Crippen molar-refractivity contribution in [1.29, 1.82) is 0 Å². The second-order valence-electron chi connectivity index (χ2n) is 6.77. The maximum atomic E-state index is 12.1. The SMILES string of the molecule is O=C(NC[C@H]1CCCOC1)C1CN(C2CCCCC2)C1. The van der Waals surface area contributed by atoms with Crippen LogP contribution >= 0.6 is 0 Å². The molecule has 1 atom stereocenters. The summed E-state index contributed by atoms with van der Waals surface area (Å²) in [6.07, 6.45) is 9.16. The molecule has 1 saturated carbocycles. The summed E-state index contributed by atoms with van der Waals surface area (Å²) >= 11 is 0. The summed E-state index contributed by atoms with van der Waals surface area (Å²) < 4.78 is 5.45. The summed E-state index contributed by atoms with van der Waals surface area (Å²) in [5.74, 6) is 1.03. The molecule has 1 N–H and O–H groups in total. The topological polar surface area (TPSA) is 41.6 Å². The van der Waals surface area contributed by atoms with E-state index in [1.54, 1.807) is 0 Å². The van der Waals surface area contributed by atoms with Crippen LogP contribution in [0.3, 0.4) is 0 Å². The first-order valence-corrected chi connectivity index (χ1v) is 8.42. The highest BCUT2D eigenvalue weighted by Crippen LogP contribution is 2.28. The molecule has 3 rings (SSSR count). The molecule has 4 heteroatoms. The predicted octanol–water partition coefficient (Wildman–Crippen LogP) is 1.79. The van der Waals surface area contributed by atoms with Crippen LogP contribution in [-0.4, -0.2) is 49.7 Å². The molecule has 0 spiro atoms. The van der Waals surface area contributed by atoms with E-state index in [0.717, 1.165) is 45.3 Å². The molecule has 0 radical (unpaired) electrons. The van der Waals surface area contributed by atoms with Crippen molar-refractivity contribution in [2.75, 3.05) is 32.8 Å². The third-order valence-corrected chi connectivity index (χ3v) is 5.19. The summed E-state index contributed by atoms with van der Waals surface area (Å²) in [6, 6.07) is 0.763. The number of hydrogen-bond acceptors (Lipinski definition) is 3. The van der Waals surface area contributed by atoms with Crippen molar-refractivity contribution in [2.24, 2.45) is 11.8 Å². The second kappa shape index (κ2) is 6.90. The van der Waals surface area contributed by atoms with E-state index in [2.05, 4.69) is 10.2 Å². The molecule has 0 aromatic rings. The summed E-state index contributed by atoms with van der Waals surface area (Å²) in [5, 5.41) is 3.13. The lowest BCUT2D eigenvalue weighted by molar-refractivity contribution is -0.132. The lowest BCUT2D eigenvalue weighted by Crippen LogP contribution is -2.57. The van der Waals surface area contributed by atoms with Gasteiger partial charge in [0.15, 0.2) is 0 Å². The van der Waals surface area contributed by atoms with Crippen molar-refractivity contribution in [2.45, 2.75) is 51.0 Å². The van der Waals surface area contributed by atoms with Crippen LogP contribution in [0, 0.1) is 11.8 Å². The van der Waals surface area contributed by atoms with Gasteiger partial charge in [0, 0.05) is 32.3 Å². The standard InChI is InChI=1S/C16H28N2O2/c19-16(17-9-13-5-4-8-20-12-13)14-10-18(11-14)15-6-2-1-3-7-15/h13-15H,1-12H2,(H,17,19)/t13-/m1/s1. The molecular weight excluding hydrogens is 252 g/mol. The number of carbonyl (C=O) groups excluding carboxylic acids is 1. The Labute approximate surface area is 122 Å². The van der Waals surface area contributed by atoms with Gasteiger partial charge in [-0.1, -0.05) is 19.3 Å². The number of rotatable bonds is 4. The Hall–Kier alpha value is -0.610. The zero-order chi connectivity index (χ0) is 13.8. The number of nitrogens with one attached hydrogen (secondary N) is 1. The summed E-state index contributed by atoms with van der Waals surface area (Å²) in [6.45, 7) is 4.48. The van der Waals surface area contributed by atoms with Crippen molar-refractivity contribution in [3.63, 3.8) is 0 Å². The van der Waals surface area contributed by atoms with Crippen molar-refractivity contribution >= 4 is 5.91 Å². The number of ether oxygens (including phenoxy) is 1. The minimum absolute atomic E-state index is 0.237. The molecule has 114 valence electrons. The van der Waals surface area contributed by atoms with E-state index in [-0.39, 0.29) is 11.8 Å². The molecule has 1 amide bonds. The Morgan fingerprint density at radius 3 is 2.60 bits per heavy atom. The molecule has 0 unspecified atom stereocenters. The Kier molecular flexibility index (Phi) is 4.94. The van der Waals surface area contributed by atoms with Gasteiger partial charge in [-0.25, -0.2) is 0 Å². The predicted molar refractivity (Wildman–Crippen MR) is 78.5 cm³/mol. The van der Waals surface area contributed by atoms with Gasteiger partial charge in [-0.3, -0.25) is 9.69 Å². The lowest BCUT2D eigenvalue weighted by Gasteiger charge is -2.45. The highest BCUT2D eigenvalue weighted by atomic mass is 16.5. The average Bonchev–Trinajstić information content (AvgIpc) is 2.46. The number of carbonyl (C=O) groups is 1. The largest absolute Gasteiger partial charge is 0.381 e. The Morgan fingerprint density at radius 1 is 1.10 bits per heavy atom. The molecule has 0 aromatic carbocycles. The molecule has 2 heterocycles. The number of likely N-dealkylation sites (tertiary alicyclic amines) is 1. The molecular formula is C16H28N2O2. The molecule has 0 aromatic heterocycles. The van der Waals surface area contributed by atoms with E-state index in [4.69, 9.17) is 4.74 Å². The molecule has 2 saturated heterocycles. The van der Waals surface area contributed by atoms with Crippen LogP contribution in [0.4, 0.5) is 0 Å². The van der Waals surface area contributed by atoms with Gasteiger partial charge in [0.2, 0.25) is 5.91 Å². The first-order chi connectivity index (χ1) is 9.83. The van der Waals surface area contributed by atoms with E-state index in [1.165, 1.54) is 38.5 Å². The third-order valence-electron chi connectivity index (χ3n) is 5.19. The second-order valence-corrected chi connectivity index (χ2v) is 6.77. The van der Waals surface area contributed by atoms with Crippen LogP contribution in [-0.2, 0) is 9.53 Å². The van der Waals surface area contributed by atoms with Gasteiger partial charge in [0.25, 0.3) is 0 Å². The molecule has 1 aliphatic carbocycles. The van der Waals surface area contributed by atoms with Crippen LogP contribution in [0.25, 0.3) is 0 Å². The maximum absolute atomic E-state index is 12.1. The van der Waals surface area contributed by atoms with Crippen LogP contribution in [0.1, 0.15) is 44.9 Å². The fourth-order valence-electron chi connectivity index (χ4n) is 3.78. The van der Waals surface area contributed by atoms with E-state index in [1.807, 2.05) is 0 Å². The molecule has 4 nitrogen and oxygen atoms in total. The van der Waals surface area contributed by atoms with Gasteiger partial charge >= 0.3 is 0 Å². The van der Waals surface area contributed by atoms with Crippen molar-refractivity contribution in [3.05, 3.63) is 0 Å². The van der Waals surface area contributed by atoms with Crippen LogP contribution in [0.5, 0.6) is 0 Å². The zero-order valence-electron chi connectivity index (χ0n) is 12.5. The first-order valence-electron chi connectivity index (χ1n) is 8.42. The van der Waals surface area contributed by atoms with Gasteiger partial charge in [-0.05, 0) is 31.6 Å². The highest BCUT2D eigenvalue weighted by molar-refractivity contribution is 5.80. The van der Waals surface area contributed by atoms with Crippen molar-refractivity contribution < 1.29 is 9.53 Å². The van der Waals surface area contributed by atoms with E-state index in [9.17, 15) is 4.79 Å². The third kappa shape index (κ3) is 3.53. The smallest absolute Gasteiger partial charge is 0.225 e. The van der Waals surface area contributed by atoms with Gasteiger partial charge in [-0.15, -0.1) is 0 Å². The number of hydrogen-bond donors (Lipinski definition) is 1. The maximum Gasteiger partial charge on any atom is 0.225 e. The normalized spacial score (nSPS) is 29.9. The fourth-order valence-corrected chi connectivity index (χ4v) is 3.78. The number of amides is 1. The van der Waals surface area contributed by atoms with Crippen LogP contribution in [0.2, 0.25) is 0 Å². The molecule has 20 heavy (non-hydrogen) atoms. The lowest BCUT2D eigenvalue weighted by atomic mass is 9.88. The monoisotopic (exact) mass is 280 g/mol.